The molecule has 2 heterocycles. The van der Waals surface area contributed by atoms with Crippen molar-refractivity contribution in [2.24, 2.45) is 0 Å². The first kappa shape index (κ1) is 11.9. The van der Waals surface area contributed by atoms with Crippen molar-refractivity contribution in [1.29, 1.82) is 0 Å². The highest BCUT2D eigenvalue weighted by Gasteiger charge is 2.19. The van der Waals surface area contributed by atoms with E-state index in [1.807, 2.05) is 19.3 Å². The number of rotatable bonds is 2. The number of halogens is 1. The van der Waals surface area contributed by atoms with Gasteiger partial charge in [0.05, 0.1) is 18.1 Å². The zero-order chi connectivity index (χ0) is 11.4. The number of aromatic nitrogens is 1. The smallest absolute Gasteiger partial charge is 0.106 e. The molecule has 1 aromatic rings. The summed E-state index contributed by atoms with van der Waals surface area (Å²) in [4.78, 5) is 6.72. The molecule has 0 radical (unpaired) electrons. The van der Waals surface area contributed by atoms with Gasteiger partial charge in [0.1, 0.15) is 4.60 Å². The third-order valence-corrected chi connectivity index (χ3v) is 3.60. The van der Waals surface area contributed by atoms with Gasteiger partial charge < -0.3 is 10.2 Å². The molecule has 0 aromatic carbocycles. The van der Waals surface area contributed by atoms with Gasteiger partial charge in [0.15, 0.2) is 0 Å². The molecule has 1 atom stereocenters. The Balaban J connectivity index is 2.18. The number of pyridine rings is 1. The molecule has 0 spiro atoms. The fourth-order valence-corrected chi connectivity index (χ4v) is 2.49. The van der Waals surface area contributed by atoms with Gasteiger partial charge in [0.2, 0.25) is 0 Å². The van der Waals surface area contributed by atoms with Gasteiger partial charge in [-0.25, -0.2) is 4.98 Å². The summed E-state index contributed by atoms with van der Waals surface area (Å²) >= 11 is 3.37. The first-order chi connectivity index (χ1) is 7.81. The van der Waals surface area contributed by atoms with E-state index < -0.39 is 0 Å². The van der Waals surface area contributed by atoms with Crippen molar-refractivity contribution in [3.05, 3.63) is 22.9 Å². The Bertz CT molecular complexity index is 326. The molecular weight excluding hydrogens is 266 g/mol. The highest BCUT2D eigenvalue weighted by atomic mass is 79.9. The first-order valence-electron chi connectivity index (χ1n) is 5.87. The van der Waals surface area contributed by atoms with E-state index >= 15 is 0 Å². The highest BCUT2D eigenvalue weighted by Crippen LogP contribution is 2.23. The average Bonchev–Trinajstić information content (AvgIpc) is 2.55. The van der Waals surface area contributed by atoms with E-state index in [9.17, 15) is 0 Å². The van der Waals surface area contributed by atoms with Gasteiger partial charge in [-0.2, -0.15) is 0 Å². The van der Waals surface area contributed by atoms with Crippen LogP contribution in [0.1, 0.15) is 25.7 Å². The molecule has 1 fully saturated rings. The second kappa shape index (κ2) is 5.64. The molecule has 0 bridgehead atoms. The number of hydrogen-bond donors (Lipinski definition) is 1. The molecule has 1 saturated heterocycles. The molecule has 1 aliphatic rings. The Labute approximate surface area is 105 Å². The second-order valence-electron chi connectivity index (χ2n) is 4.19. The van der Waals surface area contributed by atoms with Crippen molar-refractivity contribution < 1.29 is 0 Å². The van der Waals surface area contributed by atoms with Crippen LogP contribution >= 0.6 is 15.9 Å². The Morgan fingerprint density at radius 2 is 2.25 bits per heavy atom. The minimum atomic E-state index is 0.450. The van der Waals surface area contributed by atoms with Crippen LogP contribution in [0, 0.1) is 0 Å². The first-order valence-corrected chi connectivity index (χ1v) is 6.66. The molecule has 3 nitrogen and oxygen atoms in total. The lowest BCUT2D eigenvalue weighted by atomic mass is 10.2. The molecule has 1 aliphatic heterocycles. The lowest BCUT2D eigenvalue weighted by Gasteiger charge is -2.31. The van der Waals surface area contributed by atoms with Gasteiger partial charge in [-0.3, -0.25) is 0 Å². The summed E-state index contributed by atoms with van der Waals surface area (Å²) < 4.78 is 0.895. The maximum Gasteiger partial charge on any atom is 0.106 e. The van der Waals surface area contributed by atoms with Gasteiger partial charge in [-0.15, -0.1) is 0 Å². The monoisotopic (exact) mass is 283 g/mol. The van der Waals surface area contributed by atoms with Crippen LogP contribution in [-0.2, 0) is 0 Å². The summed E-state index contributed by atoms with van der Waals surface area (Å²) in [5.41, 5.74) is 1.21. The largest absolute Gasteiger partial charge is 0.355 e. The normalized spacial score (nSPS) is 21.9. The molecule has 16 heavy (non-hydrogen) atoms. The van der Waals surface area contributed by atoms with Crippen molar-refractivity contribution in [1.82, 2.24) is 10.3 Å². The van der Waals surface area contributed by atoms with Crippen molar-refractivity contribution >= 4 is 21.6 Å². The molecule has 2 rings (SSSR count). The highest BCUT2D eigenvalue weighted by molar-refractivity contribution is 9.10. The molecule has 88 valence electrons. The molecule has 1 aromatic heterocycles. The maximum absolute atomic E-state index is 4.30. The van der Waals surface area contributed by atoms with Crippen molar-refractivity contribution in [2.45, 2.75) is 31.8 Å². The predicted molar refractivity (Wildman–Crippen MR) is 70.6 cm³/mol. The summed E-state index contributed by atoms with van der Waals surface area (Å²) in [6.07, 6.45) is 7.52. The molecule has 0 amide bonds. The molecule has 0 saturated carbocycles. The van der Waals surface area contributed by atoms with Gasteiger partial charge >= 0.3 is 0 Å². The van der Waals surface area contributed by atoms with Crippen LogP contribution in [0.3, 0.4) is 0 Å². The maximum atomic E-state index is 4.30. The van der Waals surface area contributed by atoms with E-state index in [2.05, 4.69) is 37.2 Å². The van der Waals surface area contributed by atoms with Crippen LogP contribution in [0.4, 0.5) is 5.69 Å². The minimum Gasteiger partial charge on any atom is -0.355 e. The van der Waals surface area contributed by atoms with Crippen molar-refractivity contribution in [2.75, 3.05) is 18.5 Å². The number of nitrogens with one attached hydrogen (secondary N) is 1. The van der Waals surface area contributed by atoms with E-state index in [-0.39, 0.29) is 0 Å². The topological polar surface area (TPSA) is 28.2 Å². The predicted octanol–water partition coefficient (Wildman–Crippen LogP) is 2.77. The van der Waals surface area contributed by atoms with E-state index in [1.165, 1.54) is 31.4 Å². The summed E-state index contributed by atoms with van der Waals surface area (Å²) in [6.45, 7) is 1.12. The van der Waals surface area contributed by atoms with Crippen LogP contribution in [0.15, 0.2) is 22.9 Å². The molecule has 4 heteroatoms. The van der Waals surface area contributed by atoms with Gasteiger partial charge in [-0.1, -0.05) is 6.42 Å². The lowest BCUT2D eigenvalue weighted by molar-refractivity contribution is 0.507. The van der Waals surface area contributed by atoms with E-state index in [1.54, 1.807) is 0 Å². The zero-order valence-corrected chi connectivity index (χ0v) is 11.2. The number of anilines is 1. The Kier molecular flexibility index (Phi) is 4.18. The standard InChI is InChI=1S/C12H18BrN3/c1-14-12-5-3-2-4-8-16(12)10-6-7-11(13)15-9-10/h6-7,9,12,14H,2-5,8H2,1H3. The Morgan fingerprint density at radius 1 is 1.38 bits per heavy atom. The average molecular weight is 284 g/mol. The summed E-state index contributed by atoms with van der Waals surface area (Å²) in [7, 11) is 2.04. The molecular formula is C12H18BrN3. The SMILES string of the molecule is CNC1CCCCCN1c1ccc(Br)nc1. The Hall–Kier alpha value is -0.610. The van der Waals surface area contributed by atoms with E-state index in [0.29, 0.717) is 6.17 Å². The second-order valence-corrected chi connectivity index (χ2v) is 5.00. The van der Waals surface area contributed by atoms with Crippen LogP contribution < -0.4 is 10.2 Å². The lowest BCUT2D eigenvalue weighted by Crippen LogP contribution is -2.43. The third kappa shape index (κ3) is 2.74. The van der Waals surface area contributed by atoms with Crippen LogP contribution in [0.5, 0.6) is 0 Å². The Morgan fingerprint density at radius 3 is 2.94 bits per heavy atom. The number of nitrogens with zero attached hydrogens (tertiary/aromatic N) is 2. The van der Waals surface area contributed by atoms with Crippen molar-refractivity contribution in [3.8, 4) is 0 Å². The quantitative estimate of drug-likeness (QED) is 0.846. The van der Waals surface area contributed by atoms with Crippen LogP contribution in [-0.4, -0.2) is 24.7 Å². The molecule has 0 aliphatic carbocycles. The fraction of sp³-hybridized carbons (Fsp3) is 0.583. The summed E-state index contributed by atoms with van der Waals surface area (Å²) in [6, 6.07) is 4.14. The van der Waals surface area contributed by atoms with Crippen LogP contribution in [0.2, 0.25) is 0 Å². The zero-order valence-electron chi connectivity index (χ0n) is 9.62. The molecule has 1 unspecified atom stereocenters. The fourth-order valence-electron chi connectivity index (χ4n) is 2.26. The number of hydrogen-bond acceptors (Lipinski definition) is 3. The van der Waals surface area contributed by atoms with Gasteiger partial charge in [0, 0.05) is 6.54 Å². The van der Waals surface area contributed by atoms with E-state index in [4.69, 9.17) is 0 Å². The minimum absolute atomic E-state index is 0.450. The molecule has 1 N–H and O–H groups in total. The van der Waals surface area contributed by atoms with Gasteiger partial charge in [0.25, 0.3) is 0 Å². The van der Waals surface area contributed by atoms with Crippen LogP contribution in [0.25, 0.3) is 0 Å². The summed E-state index contributed by atoms with van der Waals surface area (Å²) in [5, 5.41) is 3.39. The third-order valence-electron chi connectivity index (χ3n) is 3.13. The van der Waals surface area contributed by atoms with Gasteiger partial charge in [-0.05, 0) is 54.4 Å². The summed E-state index contributed by atoms with van der Waals surface area (Å²) in [5.74, 6) is 0. The van der Waals surface area contributed by atoms with E-state index in [0.717, 1.165) is 11.1 Å². The van der Waals surface area contributed by atoms with Crippen molar-refractivity contribution in [3.63, 3.8) is 0 Å².